The Kier molecular flexibility index (Phi) is 4.55. The topological polar surface area (TPSA) is 49.8 Å². The van der Waals surface area contributed by atoms with Crippen molar-refractivity contribution >= 4 is 5.97 Å². The Morgan fingerprint density at radius 3 is 2.35 bits per heavy atom. The number of hydrogen-bond donors (Lipinski definition) is 1. The van der Waals surface area contributed by atoms with E-state index in [9.17, 15) is 9.90 Å². The fraction of sp³-hybridized carbons (Fsp3) is 0.923. The molecule has 4 heteroatoms. The van der Waals surface area contributed by atoms with Crippen LogP contribution < -0.4 is 0 Å². The van der Waals surface area contributed by atoms with Crippen LogP contribution in [0.5, 0.6) is 0 Å². The van der Waals surface area contributed by atoms with Gasteiger partial charge in [0.25, 0.3) is 0 Å². The maximum atomic E-state index is 12.3. The summed E-state index contributed by atoms with van der Waals surface area (Å²) in [4.78, 5) is 14.2. The highest BCUT2D eigenvalue weighted by Crippen LogP contribution is 2.43. The molecular weight excluding hydrogens is 218 g/mol. The molecule has 0 bridgehead atoms. The molecule has 1 fully saturated rings. The summed E-state index contributed by atoms with van der Waals surface area (Å²) in [6.07, 6.45) is 3.84. The van der Waals surface area contributed by atoms with Gasteiger partial charge < -0.3 is 9.84 Å². The fourth-order valence-corrected chi connectivity index (χ4v) is 3.07. The summed E-state index contributed by atoms with van der Waals surface area (Å²) < 4.78 is 5.20. The first-order chi connectivity index (χ1) is 7.94. The predicted molar refractivity (Wildman–Crippen MR) is 66.8 cm³/mol. The van der Waals surface area contributed by atoms with Gasteiger partial charge in [-0.2, -0.15) is 0 Å². The number of carbonyl (C=O) groups excluding carboxylic acids is 1. The maximum Gasteiger partial charge on any atom is 0.329 e. The second-order valence-electron chi connectivity index (χ2n) is 5.07. The van der Waals surface area contributed by atoms with Crippen molar-refractivity contribution in [1.82, 2.24) is 4.90 Å². The van der Waals surface area contributed by atoms with E-state index in [0.29, 0.717) is 25.9 Å². The average molecular weight is 243 g/mol. The van der Waals surface area contributed by atoms with Gasteiger partial charge in [0.2, 0.25) is 0 Å². The van der Waals surface area contributed by atoms with Gasteiger partial charge in [0, 0.05) is 0 Å². The fourth-order valence-electron chi connectivity index (χ4n) is 3.07. The number of aliphatic hydroxyl groups is 1. The lowest BCUT2D eigenvalue weighted by Crippen LogP contribution is -2.68. The third-order valence-corrected chi connectivity index (χ3v) is 4.11. The van der Waals surface area contributed by atoms with Crippen LogP contribution in [0.2, 0.25) is 0 Å². The molecule has 0 aromatic heterocycles. The summed E-state index contributed by atoms with van der Waals surface area (Å²) >= 11 is 0. The average Bonchev–Trinajstić information content (AvgIpc) is 2.29. The first kappa shape index (κ1) is 14.5. The Morgan fingerprint density at radius 2 is 1.88 bits per heavy atom. The van der Waals surface area contributed by atoms with Crippen LogP contribution >= 0.6 is 0 Å². The molecule has 17 heavy (non-hydrogen) atoms. The summed E-state index contributed by atoms with van der Waals surface area (Å²) in [5.74, 6) is -0.283. The lowest BCUT2D eigenvalue weighted by Gasteiger charge is -2.51. The maximum absolute atomic E-state index is 12.3. The van der Waals surface area contributed by atoms with Crippen LogP contribution in [0.25, 0.3) is 0 Å². The van der Waals surface area contributed by atoms with Crippen LogP contribution in [-0.4, -0.2) is 47.8 Å². The summed E-state index contributed by atoms with van der Waals surface area (Å²) in [5.41, 5.74) is -1.85. The molecule has 0 saturated heterocycles. The second kappa shape index (κ2) is 5.36. The molecule has 1 N–H and O–H groups in total. The summed E-state index contributed by atoms with van der Waals surface area (Å²) in [5, 5.41) is 10.8. The number of likely N-dealkylation sites (N-methyl/N-ethyl adjacent to an activating group) is 1. The van der Waals surface area contributed by atoms with E-state index in [1.807, 2.05) is 25.9 Å². The molecule has 0 radical (unpaired) electrons. The molecule has 0 aromatic carbocycles. The number of nitrogens with zero attached hydrogens (tertiary/aromatic N) is 1. The first-order valence-electron chi connectivity index (χ1n) is 6.51. The highest BCUT2D eigenvalue weighted by Gasteiger charge is 2.58. The number of rotatable bonds is 4. The zero-order valence-electron chi connectivity index (χ0n) is 11.5. The van der Waals surface area contributed by atoms with Crippen LogP contribution in [0, 0.1) is 0 Å². The van der Waals surface area contributed by atoms with E-state index in [-0.39, 0.29) is 5.97 Å². The van der Waals surface area contributed by atoms with E-state index in [1.165, 1.54) is 0 Å². The molecule has 1 rings (SSSR count). The Labute approximate surface area is 104 Å². The van der Waals surface area contributed by atoms with Crippen molar-refractivity contribution in [2.24, 2.45) is 0 Å². The zero-order valence-corrected chi connectivity index (χ0v) is 11.5. The lowest BCUT2D eigenvalue weighted by molar-refractivity contribution is -0.186. The molecule has 1 saturated carbocycles. The minimum absolute atomic E-state index is 0.283. The SMILES string of the molecule is CCOC(=O)C1(N(C)C)CCCCC1(O)CC. The van der Waals surface area contributed by atoms with E-state index in [1.54, 1.807) is 6.92 Å². The van der Waals surface area contributed by atoms with E-state index < -0.39 is 11.1 Å². The molecule has 0 spiro atoms. The van der Waals surface area contributed by atoms with E-state index >= 15 is 0 Å². The van der Waals surface area contributed by atoms with Gasteiger partial charge in [0.05, 0.1) is 12.2 Å². The standard InChI is InChI=1S/C13H25NO3/c1-5-12(16)9-7-8-10-13(12,14(3)4)11(15)17-6-2/h16H,5-10H2,1-4H3. The smallest absolute Gasteiger partial charge is 0.329 e. The molecule has 0 heterocycles. The van der Waals surface area contributed by atoms with Crippen molar-refractivity contribution in [3.63, 3.8) is 0 Å². The van der Waals surface area contributed by atoms with Crippen molar-refractivity contribution in [1.29, 1.82) is 0 Å². The molecule has 1 aliphatic carbocycles. The number of hydrogen-bond acceptors (Lipinski definition) is 4. The Bertz CT molecular complexity index is 280. The zero-order chi connectivity index (χ0) is 13.1. The minimum atomic E-state index is -0.971. The van der Waals surface area contributed by atoms with Crippen molar-refractivity contribution in [3.05, 3.63) is 0 Å². The minimum Gasteiger partial charge on any atom is -0.465 e. The molecule has 100 valence electrons. The summed E-state index contributed by atoms with van der Waals surface area (Å²) in [6, 6.07) is 0. The highest BCUT2D eigenvalue weighted by molar-refractivity contribution is 5.83. The van der Waals surface area contributed by atoms with Crippen LogP contribution in [0.3, 0.4) is 0 Å². The third kappa shape index (κ3) is 2.20. The first-order valence-corrected chi connectivity index (χ1v) is 6.51. The number of ether oxygens (including phenoxy) is 1. The van der Waals surface area contributed by atoms with Crippen molar-refractivity contribution in [3.8, 4) is 0 Å². The van der Waals surface area contributed by atoms with Crippen LogP contribution in [0.1, 0.15) is 46.0 Å². The lowest BCUT2D eigenvalue weighted by atomic mass is 9.67. The van der Waals surface area contributed by atoms with Crippen molar-refractivity contribution in [2.45, 2.75) is 57.1 Å². The number of carbonyl (C=O) groups is 1. The van der Waals surface area contributed by atoms with E-state index in [2.05, 4.69) is 0 Å². The normalized spacial score (nSPS) is 33.8. The molecule has 4 nitrogen and oxygen atoms in total. The van der Waals surface area contributed by atoms with Crippen LogP contribution in [-0.2, 0) is 9.53 Å². The van der Waals surface area contributed by atoms with E-state index in [0.717, 1.165) is 12.8 Å². The van der Waals surface area contributed by atoms with Gasteiger partial charge in [-0.25, -0.2) is 4.79 Å². The van der Waals surface area contributed by atoms with E-state index in [4.69, 9.17) is 4.74 Å². The van der Waals surface area contributed by atoms with Gasteiger partial charge in [-0.3, -0.25) is 4.90 Å². The summed E-state index contributed by atoms with van der Waals surface area (Å²) in [7, 11) is 3.70. The molecule has 2 atom stereocenters. The van der Waals surface area contributed by atoms with Crippen LogP contribution in [0.15, 0.2) is 0 Å². The third-order valence-electron chi connectivity index (χ3n) is 4.11. The van der Waals surface area contributed by atoms with Gasteiger partial charge in [-0.15, -0.1) is 0 Å². The van der Waals surface area contributed by atoms with Crippen molar-refractivity contribution < 1.29 is 14.6 Å². The van der Waals surface area contributed by atoms with Gasteiger partial charge in [-0.05, 0) is 40.3 Å². The van der Waals surface area contributed by atoms with Gasteiger partial charge in [-0.1, -0.05) is 19.8 Å². The van der Waals surface area contributed by atoms with Gasteiger partial charge in [0.1, 0.15) is 5.54 Å². The Hall–Kier alpha value is -0.610. The predicted octanol–water partition coefficient (Wildman–Crippen LogP) is 1.56. The van der Waals surface area contributed by atoms with Gasteiger partial charge >= 0.3 is 5.97 Å². The van der Waals surface area contributed by atoms with Crippen LogP contribution in [0.4, 0.5) is 0 Å². The van der Waals surface area contributed by atoms with Gasteiger partial charge in [0.15, 0.2) is 0 Å². The molecule has 1 aliphatic rings. The molecule has 0 aromatic rings. The monoisotopic (exact) mass is 243 g/mol. The summed E-state index contributed by atoms with van der Waals surface area (Å²) in [6.45, 7) is 4.09. The molecular formula is C13H25NO3. The Morgan fingerprint density at radius 1 is 1.29 bits per heavy atom. The van der Waals surface area contributed by atoms with Crippen molar-refractivity contribution in [2.75, 3.05) is 20.7 Å². The second-order valence-corrected chi connectivity index (χ2v) is 5.07. The quantitative estimate of drug-likeness (QED) is 0.761. The molecule has 2 unspecified atom stereocenters. The highest BCUT2D eigenvalue weighted by atomic mass is 16.5. The molecule has 0 amide bonds. The number of esters is 1. The molecule has 0 aliphatic heterocycles. The Balaban J connectivity index is 3.14. The largest absolute Gasteiger partial charge is 0.465 e.